The summed E-state index contributed by atoms with van der Waals surface area (Å²) in [5.74, 6) is -0.696. The monoisotopic (exact) mass is 237 g/mol. The number of carbonyl (C=O) groups excluding carboxylic acids is 1. The lowest BCUT2D eigenvalue weighted by atomic mass is 9.98. The lowest BCUT2D eigenvalue weighted by Gasteiger charge is -2.31. The number of carboxylic acids is 1. The van der Waals surface area contributed by atoms with Crippen LogP contribution < -0.4 is 0 Å². The number of hydrogen-bond acceptors (Lipinski definition) is 3. The fourth-order valence-corrected chi connectivity index (χ4v) is 2.26. The molecule has 17 heavy (non-hydrogen) atoms. The second-order valence-corrected chi connectivity index (χ2v) is 4.53. The second kappa shape index (κ2) is 3.91. The van der Waals surface area contributed by atoms with Crippen LogP contribution in [-0.2, 0) is 4.79 Å². The number of nitrogens with zero attached hydrogens (tertiary/aromatic N) is 1. The van der Waals surface area contributed by atoms with Crippen LogP contribution >= 0.6 is 0 Å². The van der Waals surface area contributed by atoms with Crippen molar-refractivity contribution in [2.45, 2.75) is 32.2 Å². The van der Waals surface area contributed by atoms with E-state index in [9.17, 15) is 14.7 Å². The lowest BCUT2D eigenvalue weighted by Crippen LogP contribution is -2.50. The molecule has 1 aliphatic rings. The molecule has 92 valence electrons. The largest absolute Gasteiger partial charge is 0.480 e. The zero-order valence-corrected chi connectivity index (χ0v) is 9.90. The summed E-state index contributed by atoms with van der Waals surface area (Å²) in [6.45, 7) is 3.77. The zero-order chi connectivity index (χ0) is 12.6. The molecular weight excluding hydrogens is 222 g/mol. The Morgan fingerprint density at radius 3 is 2.76 bits per heavy atom. The van der Waals surface area contributed by atoms with Crippen LogP contribution in [0.25, 0.3) is 0 Å². The van der Waals surface area contributed by atoms with Gasteiger partial charge >= 0.3 is 5.97 Å². The van der Waals surface area contributed by atoms with Gasteiger partial charge < -0.3 is 14.4 Å². The van der Waals surface area contributed by atoms with Gasteiger partial charge in [0, 0.05) is 6.54 Å². The zero-order valence-electron chi connectivity index (χ0n) is 9.90. The van der Waals surface area contributed by atoms with Crippen molar-refractivity contribution in [2.75, 3.05) is 6.54 Å². The average molecular weight is 237 g/mol. The third-order valence-corrected chi connectivity index (χ3v) is 3.44. The molecule has 1 saturated heterocycles. The SMILES string of the molecule is Cc1occc1C(=O)N1CCCC1(C)C(=O)O. The highest BCUT2D eigenvalue weighted by Crippen LogP contribution is 2.31. The first-order valence-corrected chi connectivity index (χ1v) is 5.56. The summed E-state index contributed by atoms with van der Waals surface area (Å²) in [5, 5.41) is 9.24. The van der Waals surface area contributed by atoms with E-state index >= 15 is 0 Å². The average Bonchev–Trinajstić information content (AvgIpc) is 2.84. The Hall–Kier alpha value is -1.78. The molecule has 2 heterocycles. The van der Waals surface area contributed by atoms with Crippen LogP contribution in [0.2, 0.25) is 0 Å². The molecule has 1 fully saturated rings. The molecule has 1 N–H and O–H groups in total. The smallest absolute Gasteiger partial charge is 0.329 e. The van der Waals surface area contributed by atoms with Crippen molar-refractivity contribution in [3.05, 3.63) is 23.7 Å². The topological polar surface area (TPSA) is 70.8 Å². The number of carboxylic acid groups (broad SMARTS) is 1. The van der Waals surface area contributed by atoms with Gasteiger partial charge in [-0.25, -0.2) is 4.79 Å². The maximum Gasteiger partial charge on any atom is 0.329 e. The Bertz CT molecular complexity index is 465. The van der Waals surface area contributed by atoms with Gasteiger partial charge in [0.1, 0.15) is 11.3 Å². The molecule has 1 aromatic rings. The number of hydrogen-bond donors (Lipinski definition) is 1. The predicted octanol–water partition coefficient (Wildman–Crippen LogP) is 1.67. The predicted molar refractivity (Wildman–Crippen MR) is 59.8 cm³/mol. The molecule has 5 nitrogen and oxygen atoms in total. The van der Waals surface area contributed by atoms with Gasteiger partial charge in [-0.3, -0.25) is 4.79 Å². The third-order valence-electron chi connectivity index (χ3n) is 3.44. The molecule has 5 heteroatoms. The minimum atomic E-state index is -1.10. The van der Waals surface area contributed by atoms with E-state index in [1.807, 2.05) is 0 Å². The fourth-order valence-electron chi connectivity index (χ4n) is 2.26. The Balaban J connectivity index is 2.32. The van der Waals surface area contributed by atoms with Crippen LogP contribution in [0.4, 0.5) is 0 Å². The minimum Gasteiger partial charge on any atom is -0.480 e. The highest BCUT2D eigenvalue weighted by molar-refractivity contribution is 5.98. The van der Waals surface area contributed by atoms with Crippen LogP contribution in [0.5, 0.6) is 0 Å². The Morgan fingerprint density at radius 2 is 2.24 bits per heavy atom. The molecule has 0 radical (unpaired) electrons. The van der Waals surface area contributed by atoms with Gasteiger partial charge in [-0.05, 0) is 32.8 Å². The van der Waals surface area contributed by atoms with Crippen molar-refractivity contribution in [2.24, 2.45) is 0 Å². The van der Waals surface area contributed by atoms with E-state index in [1.54, 1.807) is 19.9 Å². The first kappa shape index (κ1) is 11.7. The van der Waals surface area contributed by atoms with Crippen molar-refractivity contribution in [3.8, 4) is 0 Å². The molecule has 1 atom stereocenters. The number of rotatable bonds is 2. The number of furan rings is 1. The first-order chi connectivity index (χ1) is 7.97. The summed E-state index contributed by atoms with van der Waals surface area (Å²) in [6.07, 6.45) is 2.65. The third kappa shape index (κ3) is 1.71. The highest BCUT2D eigenvalue weighted by atomic mass is 16.4. The van der Waals surface area contributed by atoms with E-state index < -0.39 is 11.5 Å². The van der Waals surface area contributed by atoms with Crippen LogP contribution in [0.15, 0.2) is 16.7 Å². The normalized spacial score (nSPS) is 24.0. The van der Waals surface area contributed by atoms with Gasteiger partial charge in [0.05, 0.1) is 11.8 Å². The van der Waals surface area contributed by atoms with Gasteiger partial charge in [0.15, 0.2) is 0 Å². The standard InChI is InChI=1S/C12H15NO4/c1-8-9(4-7-17-8)10(14)13-6-3-5-12(13,2)11(15)16/h4,7H,3,5-6H2,1-2H3,(H,15,16). The van der Waals surface area contributed by atoms with Crippen LogP contribution in [0, 0.1) is 6.92 Å². The van der Waals surface area contributed by atoms with E-state index in [0.29, 0.717) is 30.7 Å². The number of likely N-dealkylation sites (tertiary alicyclic amines) is 1. The molecule has 0 aromatic carbocycles. The van der Waals surface area contributed by atoms with Crippen LogP contribution in [-0.4, -0.2) is 34.0 Å². The summed E-state index contributed by atoms with van der Waals surface area (Å²) in [6, 6.07) is 1.58. The fraction of sp³-hybridized carbons (Fsp3) is 0.500. The minimum absolute atomic E-state index is 0.265. The number of aliphatic carboxylic acids is 1. The van der Waals surface area contributed by atoms with E-state index in [1.165, 1.54) is 11.2 Å². The number of amides is 1. The number of aryl methyl sites for hydroxylation is 1. The molecule has 0 spiro atoms. The van der Waals surface area contributed by atoms with Crippen LogP contribution in [0.1, 0.15) is 35.9 Å². The van der Waals surface area contributed by atoms with Gasteiger partial charge in [0.25, 0.3) is 5.91 Å². The summed E-state index contributed by atoms with van der Waals surface area (Å²) in [5.41, 5.74) is -0.653. The van der Waals surface area contributed by atoms with E-state index in [4.69, 9.17) is 4.42 Å². The molecular formula is C12H15NO4. The second-order valence-electron chi connectivity index (χ2n) is 4.53. The quantitative estimate of drug-likeness (QED) is 0.849. The molecule has 1 aromatic heterocycles. The van der Waals surface area contributed by atoms with E-state index in [0.717, 1.165) is 0 Å². The molecule has 2 rings (SSSR count). The van der Waals surface area contributed by atoms with Crippen molar-refractivity contribution >= 4 is 11.9 Å². The van der Waals surface area contributed by atoms with Crippen molar-refractivity contribution in [3.63, 3.8) is 0 Å². The molecule has 1 unspecified atom stereocenters. The maximum atomic E-state index is 12.3. The molecule has 1 amide bonds. The summed E-state index contributed by atoms with van der Waals surface area (Å²) >= 11 is 0. The first-order valence-electron chi connectivity index (χ1n) is 5.56. The van der Waals surface area contributed by atoms with Gasteiger partial charge in [-0.15, -0.1) is 0 Å². The molecule has 0 aliphatic carbocycles. The molecule has 1 aliphatic heterocycles. The molecule has 0 saturated carbocycles. The Morgan fingerprint density at radius 1 is 1.53 bits per heavy atom. The van der Waals surface area contributed by atoms with E-state index in [2.05, 4.69) is 0 Å². The van der Waals surface area contributed by atoms with Gasteiger partial charge in [0.2, 0.25) is 0 Å². The van der Waals surface area contributed by atoms with Gasteiger partial charge in [-0.1, -0.05) is 0 Å². The Kier molecular flexibility index (Phi) is 2.69. The summed E-state index contributed by atoms with van der Waals surface area (Å²) in [4.78, 5) is 25.0. The van der Waals surface area contributed by atoms with Crippen molar-refractivity contribution in [1.29, 1.82) is 0 Å². The lowest BCUT2D eigenvalue weighted by molar-refractivity contribution is -0.147. The van der Waals surface area contributed by atoms with Crippen LogP contribution in [0.3, 0.4) is 0 Å². The highest BCUT2D eigenvalue weighted by Gasteiger charge is 2.46. The van der Waals surface area contributed by atoms with Crippen molar-refractivity contribution in [1.82, 2.24) is 4.90 Å². The van der Waals surface area contributed by atoms with Crippen molar-refractivity contribution < 1.29 is 19.1 Å². The van der Waals surface area contributed by atoms with Gasteiger partial charge in [-0.2, -0.15) is 0 Å². The maximum absolute atomic E-state index is 12.3. The molecule has 0 bridgehead atoms. The Labute approximate surface area is 99.0 Å². The number of carbonyl (C=O) groups is 2. The van der Waals surface area contributed by atoms with E-state index in [-0.39, 0.29) is 5.91 Å². The summed E-state index contributed by atoms with van der Waals surface area (Å²) < 4.78 is 5.08. The summed E-state index contributed by atoms with van der Waals surface area (Å²) in [7, 11) is 0.